The number of anilines is 2. The quantitative estimate of drug-likeness (QED) is 0.441. The van der Waals surface area contributed by atoms with Crippen LogP contribution < -0.4 is 10.9 Å². The van der Waals surface area contributed by atoms with Crippen LogP contribution >= 0.6 is 0 Å². The summed E-state index contributed by atoms with van der Waals surface area (Å²) in [5, 5.41) is 23.6. The van der Waals surface area contributed by atoms with Crippen molar-refractivity contribution in [1.29, 1.82) is 5.26 Å². The van der Waals surface area contributed by atoms with E-state index in [4.69, 9.17) is 10.5 Å². The number of nitriles is 1. The lowest BCUT2D eigenvalue weighted by atomic mass is 10.1. The zero-order valence-corrected chi connectivity index (χ0v) is 9.79. The molecule has 0 radical (unpaired) electrons. The molecule has 3 N–H and O–H groups in total. The van der Waals surface area contributed by atoms with Gasteiger partial charge in [-0.15, -0.1) is 0 Å². The van der Waals surface area contributed by atoms with Crippen molar-refractivity contribution in [2.24, 2.45) is 5.16 Å². The van der Waals surface area contributed by atoms with Crippen LogP contribution in [0.2, 0.25) is 0 Å². The van der Waals surface area contributed by atoms with E-state index in [9.17, 15) is 4.79 Å². The minimum Gasteiger partial charge on any atom is -0.411 e. The summed E-state index contributed by atoms with van der Waals surface area (Å²) < 4.78 is 0. The fourth-order valence-electron chi connectivity index (χ4n) is 1.62. The van der Waals surface area contributed by atoms with Crippen LogP contribution in [-0.4, -0.2) is 16.4 Å². The van der Waals surface area contributed by atoms with E-state index in [1.807, 2.05) is 24.3 Å². The van der Waals surface area contributed by atoms with Crippen LogP contribution in [0.15, 0.2) is 46.5 Å². The highest BCUT2D eigenvalue weighted by Crippen LogP contribution is 2.20. The van der Waals surface area contributed by atoms with Crippen molar-refractivity contribution in [3.63, 3.8) is 0 Å². The van der Waals surface area contributed by atoms with Crippen LogP contribution in [0.5, 0.6) is 0 Å². The summed E-state index contributed by atoms with van der Waals surface area (Å²) in [6.45, 7) is 0. The molecule has 19 heavy (non-hydrogen) atoms. The van der Waals surface area contributed by atoms with Crippen molar-refractivity contribution in [2.75, 3.05) is 5.32 Å². The number of H-pyrrole nitrogens is 1. The van der Waals surface area contributed by atoms with Crippen LogP contribution in [0.4, 0.5) is 11.4 Å². The summed E-state index contributed by atoms with van der Waals surface area (Å²) in [5.74, 6) is 0. The summed E-state index contributed by atoms with van der Waals surface area (Å²) in [5.41, 5.74) is 0.854. The van der Waals surface area contributed by atoms with Gasteiger partial charge >= 0.3 is 0 Å². The summed E-state index contributed by atoms with van der Waals surface area (Å²) in [7, 11) is 0. The molecule has 1 heterocycles. The van der Waals surface area contributed by atoms with Gasteiger partial charge in [0.25, 0.3) is 5.56 Å². The predicted molar refractivity (Wildman–Crippen MR) is 70.9 cm³/mol. The smallest absolute Gasteiger partial charge is 0.268 e. The molecular formula is C13H10N4O2. The van der Waals surface area contributed by atoms with Crippen LogP contribution in [0.25, 0.3) is 0 Å². The summed E-state index contributed by atoms with van der Waals surface area (Å²) in [4.78, 5) is 14.0. The Kier molecular flexibility index (Phi) is 3.59. The van der Waals surface area contributed by atoms with Gasteiger partial charge in [-0.3, -0.25) is 4.79 Å². The second-order valence-electron chi connectivity index (χ2n) is 3.67. The molecule has 0 aliphatic rings. The first kappa shape index (κ1) is 12.4. The number of pyridine rings is 1. The first-order valence-corrected chi connectivity index (χ1v) is 5.41. The van der Waals surface area contributed by atoms with Crippen LogP contribution in [-0.2, 0) is 0 Å². The first-order chi connectivity index (χ1) is 9.26. The lowest BCUT2D eigenvalue weighted by Crippen LogP contribution is -2.14. The number of para-hydroxylation sites is 1. The van der Waals surface area contributed by atoms with Gasteiger partial charge in [0.05, 0.1) is 11.9 Å². The van der Waals surface area contributed by atoms with Crippen LogP contribution in [0.3, 0.4) is 0 Å². The van der Waals surface area contributed by atoms with Gasteiger partial charge in [0.2, 0.25) is 0 Å². The SMILES string of the molecule is N#Cc1c(Nc2ccccc2)c(/C=N/O)c[nH]c1=O. The number of nitrogens with zero attached hydrogens (tertiary/aromatic N) is 2. The van der Waals surface area contributed by atoms with Gasteiger partial charge in [-0.1, -0.05) is 23.4 Å². The van der Waals surface area contributed by atoms with Crippen molar-refractivity contribution < 1.29 is 5.21 Å². The van der Waals surface area contributed by atoms with E-state index in [0.29, 0.717) is 11.3 Å². The molecule has 1 aromatic heterocycles. The van der Waals surface area contributed by atoms with Crippen molar-refractivity contribution >= 4 is 17.6 Å². The minimum atomic E-state index is -0.504. The molecule has 0 fully saturated rings. The van der Waals surface area contributed by atoms with Crippen LogP contribution in [0, 0.1) is 11.3 Å². The molecule has 6 nitrogen and oxygen atoms in total. The van der Waals surface area contributed by atoms with Crippen molar-refractivity contribution in [1.82, 2.24) is 4.98 Å². The second kappa shape index (κ2) is 5.51. The molecular weight excluding hydrogens is 244 g/mol. The average Bonchev–Trinajstić information content (AvgIpc) is 2.43. The summed E-state index contributed by atoms with van der Waals surface area (Å²) in [6, 6.07) is 10.9. The van der Waals surface area contributed by atoms with E-state index < -0.39 is 5.56 Å². The Morgan fingerprint density at radius 2 is 2.11 bits per heavy atom. The zero-order chi connectivity index (χ0) is 13.7. The van der Waals surface area contributed by atoms with E-state index in [1.54, 1.807) is 12.1 Å². The van der Waals surface area contributed by atoms with Crippen molar-refractivity contribution in [3.05, 3.63) is 58.0 Å². The van der Waals surface area contributed by atoms with E-state index >= 15 is 0 Å². The third-order valence-electron chi connectivity index (χ3n) is 2.48. The van der Waals surface area contributed by atoms with E-state index in [0.717, 1.165) is 11.9 Å². The molecule has 6 heteroatoms. The Morgan fingerprint density at radius 1 is 1.37 bits per heavy atom. The van der Waals surface area contributed by atoms with Gasteiger partial charge in [0.1, 0.15) is 11.6 Å². The Hall–Kier alpha value is -3.07. The number of aromatic nitrogens is 1. The number of hydrogen-bond donors (Lipinski definition) is 3. The van der Waals surface area contributed by atoms with E-state index in [1.165, 1.54) is 6.20 Å². The number of rotatable bonds is 3. The number of nitrogens with one attached hydrogen (secondary N) is 2. The lowest BCUT2D eigenvalue weighted by Gasteiger charge is -2.10. The third-order valence-corrected chi connectivity index (χ3v) is 2.48. The summed E-state index contributed by atoms with van der Waals surface area (Å²) >= 11 is 0. The number of benzene rings is 1. The number of hydrogen-bond acceptors (Lipinski definition) is 5. The fraction of sp³-hybridized carbons (Fsp3) is 0. The zero-order valence-electron chi connectivity index (χ0n) is 9.79. The molecule has 0 saturated carbocycles. The highest BCUT2D eigenvalue weighted by molar-refractivity contribution is 5.90. The van der Waals surface area contributed by atoms with Gasteiger partial charge in [-0.25, -0.2) is 0 Å². The maximum Gasteiger partial charge on any atom is 0.268 e. The maximum absolute atomic E-state index is 11.6. The second-order valence-corrected chi connectivity index (χ2v) is 3.67. The van der Waals surface area contributed by atoms with Crippen LogP contribution in [0.1, 0.15) is 11.1 Å². The maximum atomic E-state index is 11.6. The molecule has 0 bridgehead atoms. The molecule has 2 rings (SSSR count). The molecule has 0 saturated heterocycles. The Morgan fingerprint density at radius 3 is 2.74 bits per heavy atom. The third kappa shape index (κ3) is 2.61. The molecule has 2 aromatic rings. The predicted octanol–water partition coefficient (Wildman–Crippen LogP) is 1.80. The normalized spacial score (nSPS) is 10.3. The number of aromatic amines is 1. The average molecular weight is 254 g/mol. The highest BCUT2D eigenvalue weighted by Gasteiger charge is 2.11. The van der Waals surface area contributed by atoms with Gasteiger partial charge < -0.3 is 15.5 Å². The lowest BCUT2D eigenvalue weighted by molar-refractivity contribution is 0.322. The van der Waals surface area contributed by atoms with Gasteiger partial charge in [0, 0.05) is 17.4 Å². The minimum absolute atomic E-state index is 0.0683. The fourth-order valence-corrected chi connectivity index (χ4v) is 1.62. The van der Waals surface area contributed by atoms with Gasteiger partial charge in [-0.05, 0) is 12.1 Å². The topological polar surface area (TPSA) is 101 Å². The Balaban J connectivity index is 2.56. The van der Waals surface area contributed by atoms with Crippen molar-refractivity contribution in [3.8, 4) is 6.07 Å². The molecule has 94 valence electrons. The monoisotopic (exact) mass is 254 g/mol. The molecule has 0 unspecified atom stereocenters. The Bertz CT molecular complexity index is 699. The van der Waals surface area contributed by atoms with Crippen molar-refractivity contribution in [2.45, 2.75) is 0 Å². The first-order valence-electron chi connectivity index (χ1n) is 5.41. The molecule has 0 spiro atoms. The summed E-state index contributed by atoms with van der Waals surface area (Å²) in [6.07, 6.45) is 2.51. The van der Waals surface area contributed by atoms with E-state index in [2.05, 4.69) is 15.5 Å². The van der Waals surface area contributed by atoms with E-state index in [-0.39, 0.29) is 5.56 Å². The Labute approximate surface area is 108 Å². The standard InChI is InChI=1S/C13H10N4O2/c14-6-11-12(17-10-4-2-1-3-5-10)9(8-16-19)7-15-13(11)18/h1-5,7-8,19H,(H2,15,17,18)/b16-8+. The molecule has 0 aliphatic carbocycles. The molecule has 1 aromatic carbocycles. The highest BCUT2D eigenvalue weighted by atomic mass is 16.4. The number of oxime groups is 1. The van der Waals surface area contributed by atoms with Gasteiger partial charge in [0.15, 0.2) is 0 Å². The molecule has 0 aliphatic heterocycles. The molecule has 0 amide bonds. The van der Waals surface area contributed by atoms with Gasteiger partial charge in [-0.2, -0.15) is 5.26 Å². The largest absolute Gasteiger partial charge is 0.411 e. The molecule has 0 atom stereocenters.